The van der Waals surface area contributed by atoms with Crippen molar-refractivity contribution in [3.63, 3.8) is 0 Å². The normalized spacial score (nSPS) is 10.4. The molecule has 1 heterocycles. The van der Waals surface area contributed by atoms with Crippen molar-refractivity contribution in [3.8, 4) is 28.1 Å². The molecule has 0 saturated carbocycles. The van der Waals surface area contributed by atoms with Crippen LogP contribution in [0.15, 0.2) is 66.9 Å². The summed E-state index contributed by atoms with van der Waals surface area (Å²) < 4.78 is 0. The van der Waals surface area contributed by atoms with Gasteiger partial charge in [-0.25, -0.2) is 0 Å². The molecular formula is C16H13NO. The largest absolute Gasteiger partial charge is 0.507 e. The lowest BCUT2D eigenvalue weighted by Gasteiger charge is -2.07. The SMILES string of the molecule is Oc1ccc(-c2ccccc2)cc1-c1ccc[nH]1. The van der Waals surface area contributed by atoms with E-state index in [2.05, 4.69) is 17.1 Å². The van der Waals surface area contributed by atoms with Crippen LogP contribution in [0.1, 0.15) is 0 Å². The first-order valence-corrected chi connectivity index (χ1v) is 5.87. The Morgan fingerprint density at radius 3 is 2.33 bits per heavy atom. The van der Waals surface area contributed by atoms with Crippen LogP contribution < -0.4 is 0 Å². The van der Waals surface area contributed by atoms with E-state index >= 15 is 0 Å². The van der Waals surface area contributed by atoms with Crippen molar-refractivity contribution in [2.45, 2.75) is 0 Å². The molecule has 1 aromatic heterocycles. The number of aromatic amines is 1. The van der Waals surface area contributed by atoms with Crippen LogP contribution in [-0.4, -0.2) is 10.1 Å². The van der Waals surface area contributed by atoms with Crippen molar-refractivity contribution in [3.05, 3.63) is 66.9 Å². The summed E-state index contributed by atoms with van der Waals surface area (Å²) in [5.74, 6) is 0.289. The maximum Gasteiger partial charge on any atom is 0.124 e. The summed E-state index contributed by atoms with van der Waals surface area (Å²) in [7, 11) is 0. The van der Waals surface area contributed by atoms with Gasteiger partial charge in [0.1, 0.15) is 5.75 Å². The van der Waals surface area contributed by atoms with Gasteiger partial charge >= 0.3 is 0 Å². The molecule has 0 amide bonds. The van der Waals surface area contributed by atoms with Crippen LogP contribution in [0.4, 0.5) is 0 Å². The Hall–Kier alpha value is -2.48. The molecule has 2 N–H and O–H groups in total. The molecule has 0 saturated heterocycles. The van der Waals surface area contributed by atoms with Gasteiger partial charge in [-0.05, 0) is 35.4 Å². The first-order chi connectivity index (χ1) is 8.84. The Morgan fingerprint density at radius 1 is 0.778 bits per heavy atom. The third-order valence-electron chi connectivity index (χ3n) is 2.99. The van der Waals surface area contributed by atoms with E-state index in [0.29, 0.717) is 0 Å². The van der Waals surface area contributed by atoms with E-state index in [0.717, 1.165) is 22.4 Å². The Morgan fingerprint density at radius 2 is 1.61 bits per heavy atom. The fourth-order valence-electron chi connectivity index (χ4n) is 2.06. The Labute approximate surface area is 106 Å². The van der Waals surface area contributed by atoms with E-state index in [-0.39, 0.29) is 5.75 Å². The van der Waals surface area contributed by atoms with Gasteiger partial charge in [-0.1, -0.05) is 36.4 Å². The monoisotopic (exact) mass is 235 g/mol. The van der Waals surface area contributed by atoms with Gasteiger partial charge in [0.05, 0.1) is 0 Å². The molecular weight excluding hydrogens is 222 g/mol. The molecule has 2 nitrogen and oxygen atoms in total. The quantitative estimate of drug-likeness (QED) is 0.690. The number of hydrogen-bond donors (Lipinski definition) is 2. The number of phenolic OH excluding ortho intramolecular Hbond substituents is 1. The molecule has 0 bridgehead atoms. The minimum absolute atomic E-state index is 0.289. The zero-order chi connectivity index (χ0) is 12.4. The van der Waals surface area contributed by atoms with Crippen LogP contribution in [0.25, 0.3) is 22.4 Å². The highest BCUT2D eigenvalue weighted by Crippen LogP contribution is 2.32. The molecule has 0 radical (unpaired) electrons. The molecule has 0 spiro atoms. The summed E-state index contributed by atoms with van der Waals surface area (Å²) in [4.78, 5) is 3.11. The fourth-order valence-corrected chi connectivity index (χ4v) is 2.06. The molecule has 0 fully saturated rings. The number of aromatic nitrogens is 1. The highest BCUT2D eigenvalue weighted by atomic mass is 16.3. The highest BCUT2D eigenvalue weighted by molar-refractivity contribution is 5.75. The number of rotatable bonds is 2. The Kier molecular flexibility index (Phi) is 2.61. The fraction of sp³-hybridized carbons (Fsp3) is 0. The van der Waals surface area contributed by atoms with Crippen molar-refractivity contribution in [2.75, 3.05) is 0 Å². The molecule has 0 atom stereocenters. The van der Waals surface area contributed by atoms with E-state index in [9.17, 15) is 5.11 Å². The molecule has 2 aromatic carbocycles. The van der Waals surface area contributed by atoms with E-state index in [1.807, 2.05) is 48.7 Å². The van der Waals surface area contributed by atoms with Crippen molar-refractivity contribution < 1.29 is 5.11 Å². The molecule has 18 heavy (non-hydrogen) atoms. The maximum absolute atomic E-state index is 9.93. The van der Waals surface area contributed by atoms with Crippen molar-refractivity contribution >= 4 is 0 Å². The molecule has 88 valence electrons. The van der Waals surface area contributed by atoms with Crippen LogP contribution in [0, 0.1) is 0 Å². The minimum Gasteiger partial charge on any atom is -0.507 e. The van der Waals surface area contributed by atoms with Crippen molar-refractivity contribution in [2.24, 2.45) is 0 Å². The molecule has 3 rings (SSSR count). The number of phenols is 1. The van der Waals surface area contributed by atoms with E-state index < -0.39 is 0 Å². The lowest BCUT2D eigenvalue weighted by Crippen LogP contribution is -1.82. The number of nitrogens with one attached hydrogen (secondary N) is 1. The predicted octanol–water partition coefficient (Wildman–Crippen LogP) is 4.05. The van der Waals surface area contributed by atoms with Crippen LogP contribution in [0.5, 0.6) is 5.75 Å². The highest BCUT2D eigenvalue weighted by Gasteiger charge is 2.07. The zero-order valence-electron chi connectivity index (χ0n) is 9.80. The van der Waals surface area contributed by atoms with Gasteiger partial charge in [0.2, 0.25) is 0 Å². The van der Waals surface area contributed by atoms with Crippen LogP contribution >= 0.6 is 0 Å². The third-order valence-corrected chi connectivity index (χ3v) is 2.99. The zero-order valence-corrected chi connectivity index (χ0v) is 9.80. The van der Waals surface area contributed by atoms with E-state index in [1.165, 1.54) is 0 Å². The van der Waals surface area contributed by atoms with Gasteiger partial charge in [0.15, 0.2) is 0 Å². The van der Waals surface area contributed by atoms with Crippen molar-refractivity contribution in [1.82, 2.24) is 4.98 Å². The smallest absolute Gasteiger partial charge is 0.124 e. The molecule has 0 aliphatic carbocycles. The Bertz CT molecular complexity index is 642. The van der Waals surface area contributed by atoms with Gasteiger partial charge < -0.3 is 10.1 Å². The first-order valence-electron chi connectivity index (χ1n) is 5.87. The standard InChI is InChI=1S/C16H13NO/c18-16-9-8-13(12-5-2-1-3-6-12)11-14(16)15-7-4-10-17-15/h1-11,17-18H. The summed E-state index contributed by atoms with van der Waals surface area (Å²) >= 11 is 0. The van der Waals surface area contributed by atoms with Crippen LogP contribution in [0.3, 0.4) is 0 Å². The third kappa shape index (κ3) is 1.89. The topological polar surface area (TPSA) is 36.0 Å². The predicted molar refractivity (Wildman–Crippen MR) is 73.3 cm³/mol. The Balaban J connectivity index is 2.12. The van der Waals surface area contributed by atoms with Crippen molar-refractivity contribution in [1.29, 1.82) is 0 Å². The summed E-state index contributed by atoms with van der Waals surface area (Å²) in [5, 5.41) is 9.93. The second kappa shape index (κ2) is 4.41. The first kappa shape index (κ1) is 10.7. The molecule has 0 aliphatic rings. The lowest BCUT2D eigenvalue weighted by molar-refractivity contribution is 0.477. The molecule has 0 aliphatic heterocycles. The second-order valence-electron chi connectivity index (χ2n) is 4.18. The molecule has 2 heteroatoms. The maximum atomic E-state index is 9.93. The molecule has 3 aromatic rings. The average Bonchev–Trinajstić information content (AvgIpc) is 2.94. The number of aromatic hydroxyl groups is 1. The molecule has 0 unspecified atom stereocenters. The average molecular weight is 235 g/mol. The second-order valence-corrected chi connectivity index (χ2v) is 4.18. The lowest BCUT2D eigenvalue weighted by atomic mass is 10.0. The number of benzene rings is 2. The minimum atomic E-state index is 0.289. The summed E-state index contributed by atoms with van der Waals surface area (Å²) in [6, 6.07) is 19.7. The van der Waals surface area contributed by atoms with Gasteiger partial charge in [0, 0.05) is 17.5 Å². The van der Waals surface area contributed by atoms with E-state index in [4.69, 9.17) is 0 Å². The van der Waals surface area contributed by atoms with Gasteiger partial charge in [-0.15, -0.1) is 0 Å². The summed E-state index contributed by atoms with van der Waals surface area (Å²) in [5.41, 5.74) is 3.98. The summed E-state index contributed by atoms with van der Waals surface area (Å²) in [6.45, 7) is 0. The number of H-pyrrole nitrogens is 1. The van der Waals surface area contributed by atoms with Crippen LogP contribution in [-0.2, 0) is 0 Å². The van der Waals surface area contributed by atoms with Gasteiger partial charge in [-0.2, -0.15) is 0 Å². The van der Waals surface area contributed by atoms with Crippen LogP contribution in [0.2, 0.25) is 0 Å². The van der Waals surface area contributed by atoms with E-state index in [1.54, 1.807) is 6.07 Å². The van der Waals surface area contributed by atoms with Gasteiger partial charge in [0.25, 0.3) is 0 Å². The summed E-state index contributed by atoms with van der Waals surface area (Å²) in [6.07, 6.45) is 1.85. The van der Waals surface area contributed by atoms with Gasteiger partial charge in [-0.3, -0.25) is 0 Å². The number of hydrogen-bond acceptors (Lipinski definition) is 1.